The van der Waals surface area contributed by atoms with Crippen LogP contribution in [0.5, 0.6) is 0 Å². The minimum Gasteiger partial charge on any atom is -0.352 e. The summed E-state index contributed by atoms with van der Waals surface area (Å²) >= 11 is 0. The molecule has 0 aliphatic rings. The quantitative estimate of drug-likeness (QED) is 0.568. The molecule has 2 aromatic carbocycles. The van der Waals surface area contributed by atoms with Crippen LogP contribution >= 0.6 is 0 Å². The highest BCUT2D eigenvalue weighted by Crippen LogP contribution is 2.14. The van der Waals surface area contributed by atoms with Crippen molar-refractivity contribution < 1.29 is 13.2 Å². The van der Waals surface area contributed by atoms with Crippen LogP contribution in [-0.4, -0.2) is 25.9 Å². The Morgan fingerprint density at radius 1 is 0.964 bits per heavy atom. The van der Waals surface area contributed by atoms with Gasteiger partial charge in [-0.3, -0.25) is 4.79 Å². The van der Waals surface area contributed by atoms with Gasteiger partial charge in [-0.1, -0.05) is 30.3 Å². The molecule has 3 rings (SSSR count). The molecule has 7 nitrogen and oxygen atoms in total. The van der Waals surface area contributed by atoms with Gasteiger partial charge in [0.2, 0.25) is 10.0 Å². The van der Waals surface area contributed by atoms with Crippen molar-refractivity contribution in [2.75, 3.05) is 11.9 Å². The maximum Gasteiger partial charge on any atom is 0.252 e. The summed E-state index contributed by atoms with van der Waals surface area (Å²) in [5, 5.41) is 11.0. The maximum atomic E-state index is 12.2. The van der Waals surface area contributed by atoms with E-state index >= 15 is 0 Å². The molecule has 1 amide bonds. The third kappa shape index (κ3) is 5.38. The molecular weight excluding hydrogens is 376 g/mol. The molecule has 0 bridgehead atoms. The molecule has 0 aliphatic carbocycles. The van der Waals surface area contributed by atoms with Crippen LogP contribution in [0.3, 0.4) is 0 Å². The van der Waals surface area contributed by atoms with Crippen LogP contribution in [0.2, 0.25) is 0 Å². The number of hydrogen-bond donors (Lipinski definition) is 3. The van der Waals surface area contributed by atoms with Crippen molar-refractivity contribution in [2.24, 2.45) is 5.14 Å². The first kappa shape index (κ1) is 19.5. The summed E-state index contributed by atoms with van der Waals surface area (Å²) in [4.78, 5) is 16.5. The Hall–Kier alpha value is -3.23. The molecule has 0 radical (unpaired) electrons. The molecule has 0 spiro atoms. The Labute approximate surface area is 163 Å². The van der Waals surface area contributed by atoms with Gasteiger partial charge >= 0.3 is 0 Å². The molecule has 0 atom stereocenters. The standard InChI is InChI=1S/C20H20N4O3S/c21-28(26,27)18-9-6-15(7-10-18)12-13-22-20(25)16-8-11-19(23-14-16)24-17-4-2-1-3-5-17/h1-11,14H,12-13H2,(H,22,25)(H,23,24)(H2,21,26,27). The van der Waals surface area contributed by atoms with Crippen LogP contribution in [0.4, 0.5) is 11.5 Å². The van der Waals surface area contributed by atoms with Crippen molar-refractivity contribution >= 4 is 27.4 Å². The molecular formula is C20H20N4O3S. The lowest BCUT2D eigenvalue weighted by Crippen LogP contribution is -2.25. The van der Waals surface area contributed by atoms with Crippen LogP contribution in [0.25, 0.3) is 0 Å². The Morgan fingerprint density at radius 2 is 1.68 bits per heavy atom. The Kier molecular flexibility index (Phi) is 6.03. The number of nitrogens with one attached hydrogen (secondary N) is 2. The Balaban J connectivity index is 1.51. The summed E-state index contributed by atoms with van der Waals surface area (Å²) in [6, 6.07) is 19.3. The van der Waals surface area contributed by atoms with Gasteiger partial charge in [-0.05, 0) is 48.4 Å². The van der Waals surface area contributed by atoms with E-state index in [1.807, 2.05) is 30.3 Å². The van der Waals surface area contributed by atoms with Crippen molar-refractivity contribution in [1.29, 1.82) is 0 Å². The molecule has 3 aromatic rings. The van der Waals surface area contributed by atoms with Gasteiger partial charge < -0.3 is 10.6 Å². The number of benzene rings is 2. The minimum absolute atomic E-state index is 0.0653. The normalized spacial score (nSPS) is 11.0. The second kappa shape index (κ2) is 8.64. The molecule has 28 heavy (non-hydrogen) atoms. The van der Waals surface area contributed by atoms with Gasteiger partial charge in [0.05, 0.1) is 10.5 Å². The number of hydrogen-bond acceptors (Lipinski definition) is 5. The number of aromatic nitrogens is 1. The van der Waals surface area contributed by atoms with Crippen molar-refractivity contribution in [3.05, 3.63) is 84.1 Å². The maximum absolute atomic E-state index is 12.2. The molecule has 0 aliphatic heterocycles. The van der Waals surface area contributed by atoms with E-state index in [9.17, 15) is 13.2 Å². The lowest BCUT2D eigenvalue weighted by Gasteiger charge is -2.08. The minimum atomic E-state index is -3.69. The molecule has 1 aromatic heterocycles. The monoisotopic (exact) mass is 396 g/mol. The van der Waals surface area contributed by atoms with Crippen LogP contribution < -0.4 is 15.8 Å². The first-order valence-electron chi connectivity index (χ1n) is 8.60. The number of sulfonamides is 1. The lowest BCUT2D eigenvalue weighted by atomic mass is 10.1. The summed E-state index contributed by atoms with van der Waals surface area (Å²) in [6.45, 7) is 0.414. The van der Waals surface area contributed by atoms with E-state index < -0.39 is 10.0 Å². The number of carbonyl (C=O) groups excluding carboxylic acids is 1. The fourth-order valence-electron chi connectivity index (χ4n) is 2.54. The zero-order chi connectivity index (χ0) is 20.0. The number of nitrogens with zero attached hydrogens (tertiary/aromatic N) is 1. The number of amides is 1. The highest BCUT2D eigenvalue weighted by atomic mass is 32.2. The fourth-order valence-corrected chi connectivity index (χ4v) is 3.06. The van der Waals surface area contributed by atoms with E-state index in [1.54, 1.807) is 24.3 Å². The highest BCUT2D eigenvalue weighted by molar-refractivity contribution is 7.89. The fraction of sp³-hybridized carbons (Fsp3) is 0.100. The molecule has 0 saturated carbocycles. The van der Waals surface area contributed by atoms with Gasteiger partial charge in [0.25, 0.3) is 5.91 Å². The number of nitrogens with two attached hydrogens (primary N) is 1. The predicted octanol–water partition coefficient (Wildman–Crippen LogP) is 2.45. The molecule has 0 saturated heterocycles. The highest BCUT2D eigenvalue weighted by Gasteiger charge is 2.08. The number of anilines is 2. The van der Waals surface area contributed by atoms with E-state index in [0.717, 1.165) is 11.3 Å². The van der Waals surface area contributed by atoms with Crippen molar-refractivity contribution in [3.63, 3.8) is 0 Å². The van der Waals surface area contributed by atoms with Gasteiger partial charge in [0, 0.05) is 18.4 Å². The first-order chi connectivity index (χ1) is 13.4. The van der Waals surface area contributed by atoms with E-state index in [2.05, 4.69) is 15.6 Å². The third-order valence-corrected chi connectivity index (χ3v) is 4.95. The van der Waals surface area contributed by atoms with E-state index in [-0.39, 0.29) is 10.8 Å². The summed E-state index contributed by atoms with van der Waals surface area (Å²) in [6.07, 6.45) is 2.08. The zero-order valence-electron chi connectivity index (χ0n) is 15.0. The van der Waals surface area contributed by atoms with Crippen LogP contribution in [0.15, 0.2) is 77.8 Å². The summed E-state index contributed by atoms with van der Waals surface area (Å²) in [5.41, 5.74) is 2.28. The SMILES string of the molecule is NS(=O)(=O)c1ccc(CCNC(=O)c2ccc(Nc3ccccc3)nc2)cc1. The second-order valence-electron chi connectivity index (χ2n) is 6.12. The first-order valence-corrected chi connectivity index (χ1v) is 10.1. The Morgan fingerprint density at radius 3 is 2.29 bits per heavy atom. The number of rotatable bonds is 7. The van der Waals surface area contributed by atoms with E-state index in [1.165, 1.54) is 18.3 Å². The average molecular weight is 396 g/mol. The van der Waals surface area contributed by atoms with Crippen LogP contribution in [0.1, 0.15) is 15.9 Å². The zero-order valence-corrected chi connectivity index (χ0v) is 15.8. The summed E-state index contributed by atoms with van der Waals surface area (Å²) < 4.78 is 22.5. The van der Waals surface area contributed by atoms with Crippen molar-refractivity contribution in [2.45, 2.75) is 11.3 Å². The number of pyridine rings is 1. The number of carbonyl (C=O) groups is 1. The van der Waals surface area contributed by atoms with Gasteiger partial charge in [0.15, 0.2) is 0 Å². The third-order valence-electron chi connectivity index (χ3n) is 4.02. The van der Waals surface area contributed by atoms with Crippen LogP contribution in [-0.2, 0) is 16.4 Å². The molecule has 144 valence electrons. The summed E-state index contributed by atoms with van der Waals surface area (Å²) in [7, 11) is -3.69. The Bertz CT molecular complexity index is 1040. The lowest BCUT2D eigenvalue weighted by molar-refractivity contribution is 0.0954. The number of para-hydroxylation sites is 1. The van der Waals surface area contributed by atoms with Crippen molar-refractivity contribution in [3.8, 4) is 0 Å². The topological polar surface area (TPSA) is 114 Å². The summed E-state index contributed by atoms with van der Waals surface area (Å²) in [5.74, 6) is 0.428. The van der Waals surface area contributed by atoms with E-state index in [0.29, 0.717) is 24.3 Å². The van der Waals surface area contributed by atoms with Crippen molar-refractivity contribution in [1.82, 2.24) is 10.3 Å². The smallest absolute Gasteiger partial charge is 0.252 e. The average Bonchev–Trinajstić information content (AvgIpc) is 2.69. The molecule has 0 fully saturated rings. The molecule has 1 heterocycles. The van der Waals surface area contributed by atoms with Gasteiger partial charge in [-0.25, -0.2) is 18.5 Å². The van der Waals surface area contributed by atoms with Gasteiger partial charge in [0.1, 0.15) is 5.82 Å². The van der Waals surface area contributed by atoms with E-state index in [4.69, 9.17) is 5.14 Å². The van der Waals surface area contributed by atoms with Crippen LogP contribution in [0, 0.1) is 0 Å². The second-order valence-corrected chi connectivity index (χ2v) is 7.68. The molecule has 8 heteroatoms. The number of primary sulfonamides is 1. The van der Waals surface area contributed by atoms with Gasteiger partial charge in [-0.15, -0.1) is 0 Å². The largest absolute Gasteiger partial charge is 0.352 e. The predicted molar refractivity (Wildman–Crippen MR) is 108 cm³/mol. The molecule has 0 unspecified atom stereocenters. The van der Waals surface area contributed by atoms with Gasteiger partial charge in [-0.2, -0.15) is 0 Å². The molecule has 4 N–H and O–H groups in total.